The van der Waals surface area contributed by atoms with Crippen LogP contribution in [0.5, 0.6) is 11.5 Å². The molecule has 1 amide bonds. The van der Waals surface area contributed by atoms with Gasteiger partial charge >= 0.3 is 0 Å². The highest BCUT2D eigenvalue weighted by molar-refractivity contribution is 5.78. The summed E-state index contributed by atoms with van der Waals surface area (Å²) >= 11 is 0. The summed E-state index contributed by atoms with van der Waals surface area (Å²) in [7, 11) is 1.59. The van der Waals surface area contributed by atoms with Crippen molar-refractivity contribution in [2.24, 2.45) is 0 Å². The van der Waals surface area contributed by atoms with Gasteiger partial charge in [-0.3, -0.25) is 9.59 Å². The van der Waals surface area contributed by atoms with E-state index < -0.39 is 0 Å². The number of carbonyl (C=O) groups is 1. The molecular weight excluding hydrogens is 386 g/mol. The molecule has 0 spiro atoms. The fourth-order valence-electron chi connectivity index (χ4n) is 3.39. The van der Waals surface area contributed by atoms with E-state index in [1.165, 1.54) is 0 Å². The number of ether oxygens (including phenoxy) is 3. The number of hydrogen-bond donors (Lipinski definition) is 1. The number of amides is 1. The van der Waals surface area contributed by atoms with Gasteiger partial charge in [0.25, 0.3) is 5.56 Å². The van der Waals surface area contributed by atoms with E-state index in [4.69, 9.17) is 14.2 Å². The van der Waals surface area contributed by atoms with Crippen LogP contribution in [0.25, 0.3) is 10.9 Å². The van der Waals surface area contributed by atoms with E-state index in [0.717, 1.165) is 11.3 Å². The molecule has 1 aliphatic rings. The molecule has 8 heteroatoms. The molecule has 4 rings (SSSR count). The lowest BCUT2D eigenvalue weighted by molar-refractivity contribution is -0.132. The second kappa shape index (κ2) is 8.96. The fourth-order valence-corrected chi connectivity index (χ4v) is 3.39. The highest BCUT2D eigenvalue weighted by Crippen LogP contribution is 2.32. The summed E-state index contributed by atoms with van der Waals surface area (Å²) in [5.41, 5.74) is 1.39. The molecule has 0 unspecified atom stereocenters. The maximum Gasteiger partial charge on any atom is 0.258 e. The van der Waals surface area contributed by atoms with Gasteiger partial charge in [-0.2, -0.15) is 0 Å². The fraction of sp³-hybridized carbons (Fsp3) is 0.318. The van der Waals surface area contributed by atoms with Crippen molar-refractivity contribution in [1.29, 1.82) is 0 Å². The van der Waals surface area contributed by atoms with Gasteiger partial charge < -0.3 is 24.1 Å². The van der Waals surface area contributed by atoms with Crippen molar-refractivity contribution in [1.82, 2.24) is 14.9 Å². The summed E-state index contributed by atoms with van der Waals surface area (Å²) in [5.74, 6) is 1.83. The standard InChI is InChI=1S/C22H23N3O5/c1-28-11-10-25(13-20-23-17-5-3-2-4-16(17)22(27)24-20)21(26)9-7-15-6-8-18-19(12-15)30-14-29-18/h2-6,8,12H,7,9-11,13-14H2,1H3,(H,23,24,27). The van der Waals surface area contributed by atoms with Crippen LogP contribution in [0.15, 0.2) is 47.3 Å². The number of aryl methyl sites for hydroxylation is 1. The normalized spacial score (nSPS) is 12.3. The van der Waals surface area contributed by atoms with Crippen molar-refractivity contribution >= 4 is 16.8 Å². The third-order valence-corrected chi connectivity index (χ3v) is 4.99. The first-order valence-corrected chi connectivity index (χ1v) is 9.77. The molecule has 156 valence electrons. The Morgan fingerprint density at radius 1 is 1.20 bits per heavy atom. The lowest BCUT2D eigenvalue weighted by Crippen LogP contribution is -2.34. The molecule has 8 nitrogen and oxygen atoms in total. The summed E-state index contributed by atoms with van der Waals surface area (Å²) < 4.78 is 15.9. The number of fused-ring (bicyclic) bond motifs is 2. The van der Waals surface area contributed by atoms with E-state index in [1.807, 2.05) is 24.3 Å². The molecule has 1 aromatic heterocycles. The smallest absolute Gasteiger partial charge is 0.258 e. The van der Waals surface area contributed by atoms with Crippen LogP contribution < -0.4 is 15.0 Å². The molecule has 3 aromatic rings. The van der Waals surface area contributed by atoms with Gasteiger partial charge in [0.2, 0.25) is 12.7 Å². The number of nitrogens with one attached hydrogen (secondary N) is 1. The second-order valence-corrected chi connectivity index (χ2v) is 7.03. The monoisotopic (exact) mass is 409 g/mol. The Hall–Kier alpha value is -3.39. The summed E-state index contributed by atoms with van der Waals surface area (Å²) in [5, 5.41) is 0.527. The molecule has 0 radical (unpaired) electrons. The minimum Gasteiger partial charge on any atom is -0.454 e. The molecule has 0 saturated heterocycles. The third kappa shape index (κ3) is 4.44. The van der Waals surface area contributed by atoms with Crippen LogP contribution in [0.4, 0.5) is 0 Å². The van der Waals surface area contributed by atoms with E-state index in [2.05, 4.69) is 9.97 Å². The molecule has 30 heavy (non-hydrogen) atoms. The van der Waals surface area contributed by atoms with Crippen molar-refractivity contribution in [3.63, 3.8) is 0 Å². The van der Waals surface area contributed by atoms with Crippen LogP contribution >= 0.6 is 0 Å². The van der Waals surface area contributed by atoms with E-state index in [9.17, 15) is 9.59 Å². The Morgan fingerprint density at radius 2 is 2.03 bits per heavy atom. The van der Waals surface area contributed by atoms with Gasteiger partial charge in [-0.05, 0) is 36.2 Å². The zero-order chi connectivity index (χ0) is 20.9. The van der Waals surface area contributed by atoms with Crippen LogP contribution in [0.3, 0.4) is 0 Å². The highest BCUT2D eigenvalue weighted by Gasteiger charge is 2.18. The molecule has 0 fully saturated rings. The zero-order valence-electron chi connectivity index (χ0n) is 16.7. The number of aromatic amines is 1. The molecule has 0 bridgehead atoms. The van der Waals surface area contributed by atoms with E-state index in [1.54, 1.807) is 30.2 Å². The number of hydrogen-bond acceptors (Lipinski definition) is 6. The van der Waals surface area contributed by atoms with Gasteiger partial charge in [0.1, 0.15) is 5.82 Å². The number of carbonyl (C=O) groups excluding carboxylic acids is 1. The first-order chi connectivity index (χ1) is 14.6. The van der Waals surface area contributed by atoms with Crippen molar-refractivity contribution in [2.75, 3.05) is 27.1 Å². The number of methoxy groups -OCH3 is 1. The van der Waals surface area contributed by atoms with Gasteiger partial charge in [0, 0.05) is 20.1 Å². The Morgan fingerprint density at radius 3 is 2.90 bits per heavy atom. The predicted molar refractivity (Wildman–Crippen MR) is 111 cm³/mol. The lowest BCUT2D eigenvalue weighted by Gasteiger charge is -2.22. The van der Waals surface area contributed by atoms with Gasteiger partial charge in [0.05, 0.1) is 24.1 Å². The second-order valence-electron chi connectivity index (χ2n) is 7.03. The molecular formula is C22H23N3O5. The summed E-state index contributed by atoms with van der Waals surface area (Å²) in [6.45, 7) is 1.24. The SMILES string of the molecule is COCCN(Cc1nc2ccccc2c(=O)[nH]1)C(=O)CCc1ccc2c(c1)OCO2. The Bertz CT molecular complexity index is 1110. The Balaban J connectivity index is 1.46. The Labute approximate surface area is 173 Å². The minimum atomic E-state index is -0.213. The molecule has 2 heterocycles. The quantitative estimate of drug-likeness (QED) is 0.613. The third-order valence-electron chi connectivity index (χ3n) is 4.99. The topological polar surface area (TPSA) is 93.8 Å². The number of rotatable bonds is 8. The van der Waals surface area contributed by atoms with Crippen LogP contribution in [0, 0.1) is 0 Å². The van der Waals surface area contributed by atoms with Crippen LogP contribution in [0.2, 0.25) is 0 Å². The van der Waals surface area contributed by atoms with Crippen molar-refractivity contribution in [3.05, 3.63) is 64.2 Å². The summed E-state index contributed by atoms with van der Waals surface area (Å²) in [4.78, 5) is 34.2. The summed E-state index contributed by atoms with van der Waals surface area (Å²) in [6, 6.07) is 12.8. The number of benzene rings is 2. The van der Waals surface area contributed by atoms with E-state index >= 15 is 0 Å². The van der Waals surface area contributed by atoms with Crippen molar-refractivity contribution in [3.8, 4) is 11.5 Å². The van der Waals surface area contributed by atoms with Gasteiger partial charge in [-0.25, -0.2) is 4.98 Å². The molecule has 0 aliphatic carbocycles. The van der Waals surface area contributed by atoms with Gasteiger partial charge in [0.15, 0.2) is 11.5 Å². The van der Waals surface area contributed by atoms with Gasteiger partial charge in [-0.15, -0.1) is 0 Å². The highest BCUT2D eigenvalue weighted by atomic mass is 16.7. The Kier molecular flexibility index (Phi) is 5.94. The predicted octanol–water partition coefficient (Wildman–Crippen LogP) is 2.26. The molecule has 2 aromatic carbocycles. The molecule has 1 aliphatic heterocycles. The van der Waals surface area contributed by atoms with Crippen LogP contribution in [-0.2, 0) is 22.5 Å². The molecule has 0 saturated carbocycles. The average molecular weight is 409 g/mol. The van der Waals surface area contributed by atoms with Crippen molar-refractivity contribution < 1.29 is 19.0 Å². The van der Waals surface area contributed by atoms with E-state index in [-0.39, 0.29) is 24.8 Å². The zero-order valence-corrected chi connectivity index (χ0v) is 16.7. The first kappa shape index (κ1) is 19.9. The maximum absolute atomic E-state index is 12.9. The van der Waals surface area contributed by atoms with E-state index in [0.29, 0.717) is 48.5 Å². The van der Waals surface area contributed by atoms with Crippen molar-refractivity contribution in [2.45, 2.75) is 19.4 Å². The average Bonchev–Trinajstić information content (AvgIpc) is 3.23. The number of H-pyrrole nitrogens is 1. The minimum absolute atomic E-state index is 0.0412. The lowest BCUT2D eigenvalue weighted by atomic mass is 10.1. The maximum atomic E-state index is 12.9. The largest absolute Gasteiger partial charge is 0.454 e. The number of para-hydroxylation sites is 1. The number of aromatic nitrogens is 2. The first-order valence-electron chi connectivity index (χ1n) is 9.77. The van der Waals surface area contributed by atoms with Crippen LogP contribution in [0.1, 0.15) is 17.8 Å². The van der Waals surface area contributed by atoms with Gasteiger partial charge in [-0.1, -0.05) is 18.2 Å². The molecule has 0 atom stereocenters. The molecule has 1 N–H and O–H groups in total. The van der Waals surface area contributed by atoms with Crippen LogP contribution in [-0.4, -0.2) is 47.8 Å². The number of nitrogens with zero attached hydrogens (tertiary/aromatic N) is 2. The summed E-state index contributed by atoms with van der Waals surface area (Å²) in [6.07, 6.45) is 0.891.